The summed E-state index contributed by atoms with van der Waals surface area (Å²) in [7, 11) is 0. The number of rotatable bonds is 3. The van der Waals surface area contributed by atoms with Crippen molar-refractivity contribution in [3.8, 4) is 0 Å². The molecule has 88 valence electrons. The first kappa shape index (κ1) is 12.2. The van der Waals surface area contributed by atoms with Crippen LogP contribution in [0.1, 0.15) is 18.4 Å². The Morgan fingerprint density at radius 2 is 2.38 bits per heavy atom. The highest BCUT2D eigenvalue weighted by molar-refractivity contribution is 8.00. The monoisotopic (exact) mass is 260 g/mol. The van der Waals surface area contributed by atoms with Gasteiger partial charge >= 0.3 is 0 Å². The third-order valence-electron chi connectivity index (χ3n) is 2.85. The van der Waals surface area contributed by atoms with Gasteiger partial charge in [0.2, 0.25) is 0 Å². The maximum absolute atomic E-state index is 13.2. The molecule has 0 aliphatic carbocycles. The zero-order valence-electron chi connectivity index (χ0n) is 8.83. The molecule has 2 atom stereocenters. The lowest BCUT2D eigenvalue weighted by molar-refractivity contribution is 0.170. The van der Waals surface area contributed by atoms with Crippen molar-refractivity contribution in [2.24, 2.45) is 0 Å². The maximum atomic E-state index is 13.2. The molecule has 1 aromatic rings. The summed E-state index contributed by atoms with van der Waals surface area (Å²) in [6, 6.07) is 4.74. The molecule has 0 radical (unpaired) electrons. The first-order valence-corrected chi connectivity index (χ1v) is 6.83. The fraction of sp³-hybridized carbons (Fsp3) is 0.500. The molecule has 0 aromatic heterocycles. The van der Waals surface area contributed by atoms with Crippen molar-refractivity contribution >= 4 is 23.4 Å². The first-order chi connectivity index (χ1) is 7.68. The number of hydrogen-bond acceptors (Lipinski definition) is 2. The number of thioether (sulfide) groups is 1. The lowest BCUT2D eigenvalue weighted by atomic mass is 10.0. The van der Waals surface area contributed by atoms with Gasteiger partial charge < -0.3 is 5.11 Å². The van der Waals surface area contributed by atoms with Gasteiger partial charge in [0, 0.05) is 11.7 Å². The van der Waals surface area contributed by atoms with Crippen LogP contribution < -0.4 is 0 Å². The molecule has 1 aliphatic rings. The number of halogens is 2. The van der Waals surface area contributed by atoms with Gasteiger partial charge in [0.05, 0.1) is 11.1 Å². The van der Waals surface area contributed by atoms with E-state index in [9.17, 15) is 9.50 Å². The van der Waals surface area contributed by atoms with Gasteiger partial charge in [0.15, 0.2) is 0 Å². The van der Waals surface area contributed by atoms with Gasteiger partial charge in [-0.25, -0.2) is 4.39 Å². The quantitative estimate of drug-likeness (QED) is 0.900. The van der Waals surface area contributed by atoms with Crippen LogP contribution in [0.5, 0.6) is 0 Å². The van der Waals surface area contributed by atoms with E-state index in [2.05, 4.69) is 0 Å². The van der Waals surface area contributed by atoms with Crippen molar-refractivity contribution in [2.45, 2.75) is 30.6 Å². The molecule has 0 amide bonds. The second-order valence-corrected chi connectivity index (χ2v) is 5.76. The van der Waals surface area contributed by atoms with E-state index < -0.39 is 11.9 Å². The SMILES string of the molecule is OC(Cc1cccc(F)c1Cl)C1CCCS1. The summed E-state index contributed by atoms with van der Waals surface area (Å²) >= 11 is 7.64. The van der Waals surface area contributed by atoms with Crippen LogP contribution >= 0.6 is 23.4 Å². The Kier molecular flexibility index (Phi) is 4.11. The second-order valence-electron chi connectivity index (χ2n) is 4.04. The molecule has 1 N–H and O–H groups in total. The molecular weight excluding hydrogens is 247 g/mol. The average molecular weight is 261 g/mol. The Balaban J connectivity index is 2.05. The fourth-order valence-electron chi connectivity index (χ4n) is 1.97. The molecule has 2 unspecified atom stereocenters. The van der Waals surface area contributed by atoms with Crippen molar-refractivity contribution in [2.75, 3.05) is 5.75 Å². The Morgan fingerprint density at radius 3 is 3.06 bits per heavy atom. The van der Waals surface area contributed by atoms with E-state index in [0.29, 0.717) is 12.0 Å². The van der Waals surface area contributed by atoms with E-state index in [4.69, 9.17) is 11.6 Å². The summed E-state index contributed by atoms with van der Waals surface area (Å²) in [6.07, 6.45) is 2.21. The zero-order chi connectivity index (χ0) is 11.5. The standard InChI is InChI=1S/C12H14ClFOS/c13-12-8(3-1-4-9(12)14)7-10(15)11-5-2-6-16-11/h1,3-4,10-11,15H,2,5-7H2. The highest BCUT2D eigenvalue weighted by atomic mass is 35.5. The van der Waals surface area contributed by atoms with E-state index in [1.165, 1.54) is 6.07 Å². The molecule has 2 rings (SSSR count). The van der Waals surface area contributed by atoms with E-state index in [1.807, 2.05) is 0 Å². The summed E-state index contributed by atoms with van der Waals surface area (Å²) in [5, 5.41) is 10.4. The molecule has 1 aromatic carbocycles. The molecule has 4 heteroatoms. The number of hydrogen-bond donors (Lipinski definition) is 1. The lowest BCUT2D eigenvalue weighted by Crippen LogP contribution is -2.23. The zero-order valence-corrected chi connectivity index (χ0v) is 10.4. The van der Waals surface area contributed by atoms with Crippen LogP contribution in [0, 0.1) is 5.82 Å². The smallest absolute Gasteiger partial charge is 0.142 e. The van der Waals surface area contributed by atoms with Crippen LogP contribution in [-0.2, 0) is 6.42 Å². The number of aliphatic hydroxyl groups is 1. The van der Waals surface area contributed by atoms with E-state index in [0.717, 1.165) is 18.6 Å². The summed E-state index contributed by atoms with van der Waals surface area (Å²) in [5.74, 6) is 0.698. The Hall–Kier alpha value is -0.250. The van der Waals surface area contributed by atoms with Crippen molar-refractivity contribution < 1.29 is 9.50 Å². The van der Waals surface area contributed by atoms with Gasteiger partial charge in [-0.15, -0.1) is 0 Å². The second kappa shape index (κ2) is 5.39. The van der Waals surface area contributed by atoms with Crippen molar-refractivity contribution in [1.82, 2.24) is 0 Å². The minimum absolute atomic E-state index is 0.143. The molecule has 1 heterocycles. The van der Waals surface area contributed by atoms with Crippen LogP contribution in [0.15, 0.2) is 18.2 Å². The molecular formula is C12H14ClFOS. The van der Waals surface area contributed by atoms with Crippen molar-refractivity contribution in [3.05, 3.63) is 34.6 Å². The summed E-state index contributed by atoms with van der Waals surface area (Å²) < 4.78 is 13.2. The minimum atomic E-state index is -0.424. The van der Waals surface area contributed by atoms with Gasteiger partial charge in [-0.2, -0.15) is 11.8 Å². The molecule has 0 bridgehead atoms. The maximum Gasteiger partial charge on any atom is 0.142 e. The summed E-state index contributed by atoms with van der Waals surface area (Å²) in [4.78, 5) is 0. The Bertz CT molecular complexity index is 366. The molecule has 1 aliphatic heterocycles. The lowest BCUT2D eigenvalue weighted by Gasteiger charge is -2.17. The van der Waals surface area contributed by atoms with Gasteiger partial charge in [0.1, 0.15) is 5.82 Å². The van der Waals surface area contributed by atoms with Crippen molar-refractivity contribution in [1.29, 1.82) is 0 Å². The molecule has 1 fully saturated rings. The molecule has 1 nitrogen and oxygen atoms in total. The van der Waals surface area contributed by atoms with E-state index >= 15 is 0 Å². The Morgan fingerprint density at radius 1 is 1.56 bits per heavy atom. The van der Waals surface area contributed by atoms with Gasteiger partial charge in [0.25, 0.3) is 0 Å². The van der Waals surface area contributed by atoms with Crippen LogP contribution in [0.4, 0.5) is 4.39 Å². The highest BCUT2D eigenvalue weighted by Gasteiger charge is 2.24. The topological polar surface area (TPSA) is 20.2 Å². The van der Waals surface area contributed by atoms with Crippen molar-refractivity contribution in [3.63, 3.8) is 0 Å². The van der Waals surface area contributed by atoms with Crippen LogP contribution in [0.25, 0.3) is 0 Å². The van der Waals surface area contributed by atoms with Crippen LogP contribution in [0.3, 0.4) is 0 Å². The number of benzene rings is 1. The van der Waals surface area contributed by atoms with Crippen LogP contribution in [-0.4, -0.2) is 22.2 Å². The predicted molar refractivity (Wildman–Crippen MR) is 66.6 cm³/mol. The molecule has 0 saturated carbocycles. The first-order valence-electron chi connectivity index (χ1n) is 5.41. The summed E-state index contributed by atoms with van der Waals surface area (Å²) in [6.45, 7) is 0. The average Bonchev–Trinajstić information content (AvgIpc) is 2.78. The third-order valence-corrected chi connectivity index (χ3v) is 4.78. The largest absolute Gasteiger partial charge is 0.392 e. The molecule has 0 spiro atoms. The fourth-order valence-corrected chi connectivity index (χ4v) is 3.46. The van der Waals surface area contributed by atoms with Crippen LogP contribution in [0.2, 0.25) is 5.02 Å². The normalized spacial score (nSPS) is 22.3. The Labute approximate surface area is 104 Å². The molecule has 16 heavy (non-hydrogen) atoms. The minimum Gasteiger partial charge on any atom is -0.392 e. The molecule has 1 saturated heterocycles. The number of aliphatic hydroxyl groups excluding tert-OH is 1. The van der Waals surface area contributed by atoms with E-state index in [-0.39, 0.29) is 10.3 Å². The summed E-state index contributed by atoms with van der Waals surface area (Å²) in [5.41, 5.74) is 0.696. The highest BCUT2D eigenvalue weighted by Crippen LogP contribution is 2.31. The van der Waals surface area contributed by atoms with Gasteiger partial charge in [-0.3, -0.25) is 0 Å². The van der Waals surface area contributed by atoms with Gasteiger partial charge in [-0.1, -0.05) is 23.7 Å². The predicted octanol–water partition coefficient (Wildman–Crippen LogP) is 3.28. The third kappa shape index (κ3) is 2.70. The van der Waals surface area contributed by atoms with E-state index in [1.54, 1.807) is 23.9 Å². The van der Waals surface area contributed by atoms with Gasteiger partial charge in [-0.05, 0) is 30.2 Å².